The quantitative estimate of drug-likeness (QED) is 0.606. The number of fused-ring (bicyclic) bond motifs is 1. The van der Waals surface area contributed by atoms with E-state index in [1.807, 2.05) is 0 Å². The van der Waals surface area contributed by atoms with Crippen LogP contribution in [0.5, 0.6) is 0 Å². The third kappa shape index (κ3) is 2.85. The summed E-state index contributed by atoms with van der Waals surface area (Å²) in [5, 5.41) is 1.29. The third-order valence-electron chi connectivity index (χ3n) is 3.39. The van der Waals surface area contributed by atoms with Gasteiger partial charge in [0.2, 0.25) is 5.52 Å². The molecular weight excluding hydrogens is 298 g/mol. The van der Waals surface area contributed by atoms with Crippen LogP contribution in [0.15, 0.2) is 66.9 Å². The van der Waals surface area contributed by atoms with E-state index in [0.717, 1.165) is 6.54 Å². The minimum Gasteiger partial charge on any atom is -1.00 e. The Morgan fingerprint density at radius 2 is 1.53 bits per heavy atom. The lowest BCUT2D eigenvalue weighted by molar-refractivity contribution is -0.662. The fourth-order valence-corrected chi connectivity index (χ4v) is 2.33. The van der Waals surface area contributed by atoms with Crippen LogP contribution in [0.3, 0.4) is 0 Å². The first-order valence-corrected chi connectivity index (χ1v) is 6.26. The van der Waals surface area contributed by atoms with Crippen LogP contribution in [-0.2, 0) is 6.54 Å². The summed E-state index contributed by atoms with van der Waals surface area (Å²) in [6.45, 7) is 3.09. The first kappa shape index (κ1) is 13.8. The first-order valence-electron chi connectivity index (χ1n) is 6.26. The van der Waals surface area contributed by atoms with Crippen molar-refractivity contribution >= 4 is 10.9 Å². The molecule has 0 bridgehead atoms. The lowest BCUT2D eigenvalue weighted by Crippen LogP contribution is -3.00. The van der Waals surface area contributed by atoms with Crippen molar-refractivity contribution in [1.82, 2.24) is 0 Å². The summed E-state index contributed by atoms with van der Waals surface area (Å²) in [5.74, 6) is 0. The second-order valence-corrected chi connectivity index (χ2v) is 4.62. The van der Waals surface area contributed by atoms with Crippen molar-refractivity contribution in [3.8, 4) is 0 Å². The molecule has 3 rings (SSSR count). The summed E-state index contributed by atoms with van der Waals surface area (Å²) in [4.78, 5) is 0. The van der Waals surface area contributed by atoms with Crippen molar-refractivity contribution in [2.45, 2.75) is 13.5 Å². The lowest BCUT2D eigenvalue weighted by Gasteiger charge is -2.04. The monoisotopic (exact) mass is 313 g/mol. The highest BCUT2D eigenvalue weighted by atomic mass is 79.9. The van der Waals surface area contributed by atoms with E-state index in [1.165, 1.54) is 22.0 Å². The fourth-order valence-electron chi connectivity index (χ4n) is 2.33. The molecule has 0 aliphatic carbocycles. The van der Waals surface area contributed by atoms with Crippen LogP contribution in [0.1, 0.15) is 11.1 Å². The fraction of sp³-hybridized carbons (Fsp3) is 0.118. The first-order chi connectivity index (χ1) is 8.84. The van der Waals surface area contributed by atoms with E-state index in [2.05, 4.69) is 78.4 Å². The van der Waals surface area contributed by atoms with Gasteiger partial charge in [0.15, 0.2) is 12.7 Å². The van der Waals surface area contributed by atoms with Crippen LogP contribution in [0, 0.1) is 6.92 Å². The van der Waals surface area contributed by atoms with E-state index < -0.39 is 0 Å². The van der Waals surface area contributed by atoms with Crippen molar-refractivity contribution in [1.29, 1.82) is 0 Å². The SMILES string of the molecule is Cc1ccccc1C[n+]1cccc2ccccc21.[Br-]. The van der Waals surface area contributed by atoms with Gasteiger partial charge in [-0.1, -0.05) is 36.4 Å². The molecule has 1 nitrogen and oxygen atoms in total. The van der Waals surface area contributed by atoms with Crippen LogP contribution in [0.2, 0.25) is 0 Å². The molecule has 0 atom stereocenters. The van der Waals surface area contributed by atoms with E-state index in [1.54, 1.807) is 0 Å². The lowest BCUT2D eigenvalue weighted by atomic mass is 10.1. The number of aryl methyl sites for hydroxylation is 1. The highest BCUT2D eigenvalue weighted by Gasteiger charge is 2.09. The highest BCUT2D eigenvalue weighted by molar-refractivity contribution is 5.74. The Hall–Kier alpha value is -1.67. The number of aromatic nitrogens is 1. The number of hydrogen-bond acceptors (Lipinski definition) is 0. The summed E-state index contributed by atoms with van der Waals surface area (Å²) in [6.07, 6.45) is 2.15. The van der Waals surface area contributed by atoms with Gasteiger partial charge in [-0.05, 0) is 24.6 Å². The minimum atomic E-state index is 0. The van der Waals surface area contributed by atoms with Crippen LogP contribution in [0.4, 0.5) is 0 Å². The Morgan fingerprint density at radius 3 is 2.37 bits per heavy atom. The third-order valence-corrected chi connectivity index (χ3v) is 3.39. The van der Waals surface area contributed by atoms with Crippen LogP contribution in [-0.4, -0.2) is 0 Å². The van der Waals surface area contributed by atoms with Gasteiger partial charge in [-0.2, -0.15) is 4.57 Å². The van der Waals surface area contributed by atoms with Gasteiger partial charge in [0.25, 0.3) is 0 Å². The highest BCUT2D eigenvalue weighted by Crippen LogP contribution is 2.11. The molecule has 0 spiro atoms. The van der Waals surface area contributed by atoms with Gasteiger partial charge in [0.1, 0.15) is 0 Å². The van der Waals surface area contributed by atoms with Gasteiger partial charge < -0.3 is 17.0 Å². The Kier molecular flexibility index (Phi) is 4.33. The molecule has 2 heteroatoms. The number of pyridine rings is 1. The molecule has 0 fully saturated rings. The van der Waals surface area contributed by atoms with Crippen molar-refractivity contribution in [3.05, 3.63) is 78.0 Å². The van der Waals surface area contributed by atoms with Gasteiger partial charge >= 0.3 is 0 Å². The zero-order chi connectivity index (χ0) is 12.4. The molecule has 1 aromatic heterocycles. The van der Waals surface area contributed by atoms with E-state index in [0.29, 0.717) is 0 Å². The number of nitrogens with zero attached hydrogens (tertiary/aromatic N) is 1. The molecule has 0 aliphatic rings. The van der Waals surface area contributed by atoms with Gasteiger partial charge in [-0.15, -0.1) is 0 Å². The molecular formula is C17H16BrN. The summed E-state index contributed by atoms with van der Waals surface area (Å²) in [5.41, 5.74) is 4.00. The summed E-state index contributed by atoms with van der Waals surface area (Å²) in [6, 6.07) is 21.3. The molecule has 0 N–H and O–H groups in total. The zero-order valence-electron chi connectivity index (χ0n) is 10.9. The van der Waals surface area contributed by atoms with Crippen molar-refractivity contribution in [2.75, 3.05) is 0 Å². The maximum Gasteiger partial charge on any atom is 0.212 e. The van der Waals surface area contributed by atoms with Crippen molar-refractivity contribution in [3.63, 3.8) is 0 Å². The number of rotatable bonds is 2. The molecule has 96 valence electrons. The van der Waals surface area contributed by atoms with Gasteiger partial charge in [0, 0.05) is 23.1 Å². The molecule has 0 aliphatic heterocycles. The standard InChI is InChI=1S/C17H16N.BrH/c1-14-7-2-3-9-16(14)13-18-12-6-10-15-8-4-5-11-17(15)18;/h2-12H,13H2,1H3;1H/q+1;/p-1. The predicted octanol–water partition coefficient (Wildman–Crippen LogP) is 0.488. The average molecular weight is 314 g/mol. The number of para-hydroxylation sites is 1. The van der Waals surface area contributed by atoms with Crippen molar-refractivity contribution < 1.29 is 21.5 Å². The Balaban J connectivity index is 0.00000133. The van der Waals surface area contributed by atoms with Gasteiger partial charge in [-0.3, -0.25) is 0 Å². The zero-order valence-corrected chi connectivity index (χ0v) is 12.5. The van der Waals surface area contributed by atoms with Crippen LogP contribution < -0.4 is 21.5 Å². The molecule has 3 aromatic rings. The largest absolute Gasteiger partial charge is 1.00 e. The maximum absolute atomic E-state index is 2.30. The molecule has 1 heterocycles. The number of halogens is 1. The van der Waals surface area contributed by atoms with Crippen molar-refractivity contribution in [2.24, 2.45) is 0 Å². The van der Waals surface area contributed by atoms with E-state index in [-0.39, 0.29) is 17.0 Å². The van der Waals surface area contributed by atoms with E-state index >= 15 is 0 Å². The van der Waals surface area contributed by atoms with Gasteiger partial charge in [0.05, 0.1) is 0 Å². The second kappa shape index (κ2) is 5.98. The second-order valence-electron chi connectivity index (χ2n) is 4.62. The van der Waals surface area contributed by atoms with E-state index in [9.17, 15) is 0 Å². The Bertz CT molecular complexity index is 686. The maximum atomic E-state index is 2.30. The van der Waals surface area contributed by atoms with Gasteiger partial charge in [-0.25, -0.2) is 0 Å². The Morgan fingerprint density at radius 1 is 0.842 bits per heavy atom. The van der Waals surface area contributed by atoms with Crippen LogP contribution in [0.25, 0.3) is 10.9 Å². The number of benzene rings is 2. The molecule has 0 unspecified atom stereocenters. The average Bonchev–Trinajstić information content (AvgIpc) is 2.42. The minimum absolute atomic E-state index is 0. The van der Waals surface area contributed by atoms with E-state index in [4.69, 9.17) is 0 Å². The molecule has 0 saturated heterocycles. The number of hydrogen-bond donors (Lipinski definition) is 0. The Labute approximate surface area is 124 Å². The molecule has 19 heavy (non-hydrogen) atoms. The molecule has 0 radical (unpaired) electrons. The molecule has 0 amide bonds. The van der Waals surface area contributed by atoms with Crippen LogP contribution >= 0.6 is 0 Å². The predicted molar refractivity (Wildman–Crippen MR) is 74.4 cm³/mol. The molecule has 2 aromatic carbocycles. The normalized spacial score (nSPS) is 10.2. The smallest absolute Gasteiger partial charge is 0.212 e. The summed E-state index contributed by atoms with van der Waals surface area (Å²) in [7, 11) is 0. The summed E-state index contributed by atoms with van der Waals surface area (Å²) >= 11 is 0. The molecule has 0 saturated carbocycles. The summed E-state index contributed by atoms with van der Waals surface area (Å²) < 4.78 is 2.30. The topological polar surface area (TPSA) is 3.88 Å².